The molecule has 114 valence electrons. The number of rotatable bonds is 6. The maximum absolute atomic E-state index is 11.7. The number of nitrogens with two attached hydrogens (primary N) is 1. The van der Waals surface area contributed by atoms with Gasteiger partial charge in [0.2, 0.25) is 5.91 Å². The van der Waals surface area contributed by atoms with Crippen LogP contribution in [0.4, 0.5) is 5.69 Å². The molecule has 1 amide bonds. The standard InChI is InChI=1S/C16H23N3O2/c17-15-5-2-14(3-6-15)4-7-16(20)18-8-1-9-19-10-12-21-13-11-19/h2-7H,1,8-13,17H2,(H,18,20)/b7-4+. The molecule has 5 nitrogen and oxygen atoms in total. The van der Waals surface area contributed by atoms with Crippen molar-refractivity contribution in [1.29, 1.82) is 0 Å². The van der Waals surface area contributed by atoms with Crippen LogP contribution in [0, 0.1) is 0 Å². The quantitative estimate of drug-likeness (QED) is 0.468. The molecular weight excluding hydrogens is 266 g/mol. The molecule has 0 aliphatic carbocycles. The smallest absolute Gasteiger partial charge is 0.243 e. The Hall–Kier alpha value is -1.85. The van der Waals surface area contributed by atoms with Crippen LogP contribution in [0.3, 0.4) is 0 Å². The molecule has 1 aliphatic heterocycles. The molecule has 0 unspecified atom stereocenters. The fourth-order valence-corrected chi connectivity index (χ4v) is 2.18. The summed E-state index contributed by atoms with van der Waals surface area (Å²) in [5.74, 6) is -0.0613. The third-order valence-corrected chi connectivity index (χ3v) is 3.42. The van der Waals surface area contributed by atoms with Gasteiger partial charge in [-0.1, -0.05) is 12.1 Å². The van der Waals surface area contributed by atoms with E-state index in [1.165, 1.54) is 0 Å². The molecule has 2 rings (SSSR count). The molecule has 1 heterocycles. The van der Waals surface area contributed by atoms with Crippen LogP contribution in [0.25, 0.3) is 6.08 Å². The van der Waals surface area contributed by atoms with Crippen molar-refractivity contribution in [3.05, 3.63) is 35.9 Å². The monoisotopic (exact) mass is 289 g/mol. The van der Waals surface area contributed by atoms with Crippen LogP contribution in [0.2, 0.25) is 0 Å². The highest BCUT2D eigenvalue weighted by Crippen LogP contribution is 2.06. The van der Waals surface area contributed by atoms with Gasteiger partial charge >= 0.3 is 0 Å². The maximum atomic E-state index is 11.7. The Morgan fingerprint density at radius 1 is 1.29 bits per heavy atom. The molecule has 1 fully saturated rings. The largest absolute Gasteiger partial charge is 0.399 e. The van der Waals surface area contributed by atoms with Crippen LogP contribution in [0.15, 0.2) is 30.3 Å². The first-order valence-corrected chi connectivity index (χ1v) is 7.35. The minimum atomic E-state index is -0.0613. The Morgan fingerprint density at radius 2 is 2.00 bits per heavy atom. The molecule has 0 aromatic heterocycles. The number of hydrogen-bond donors (Lipinski definition) is 2. The van der Waals surface area contributed by atoms with Gasteiger partial charge in [0.25, 0.3) is 0 Å². The molecule has 1 aromatic carbocycles. The predicted octanol–water partition coefficient (Wildman–Crippen LogP) is 1.12. The van der Waals surface area contributed by atoms with E-state index in [1.807, 2.05) is 24.3 Å². The van der Waals surface area contributed by atoms with Gasteiger partial charge in [0, 0.05) is 31.4 Å². The highest BCUT2D eigenvalue weighted by molar-refractivity contribution is 5.91. The van der Waals surface area contributed by atoms with Crippen LogP contribution in [0.5, 0.6) is 0 Å². The second-order valence-corrected chi connectivity index (χ2v) is 5.10. The summed E-state index contributed by atoms with van der Waals surface area (Å²) in [5, 5.41) is 2.90. The molecular formula is C16H23N3O2. The van der Waals surface area contributed by atoms with Gasteiger partial charge in [-0.15, -0.1) is 0 Å². The molecule has 1 aromatic rings. The maximum Gasteiger partial charge on any atom is 0.243 e. The lowest BCUT2D eigenvalue weighted by molar-refractivity contribution is -0.116. The van der Waals surface area contributed by atoms with Crippen LogP contribution in [0.1, 0.15) is 12.0 Å². The average Bonchev–Trinajstić information content (AvgIpc) is 2.52. The van der Waals surface area contributed by atoms with Gasteiger partial charge in [-0.3, -0.25) is 9.69 Å². The summed E-state index contributed by atoms with van der Waals surface area (Å²) in [4.78, 5) is 14.0. The van der Waals surface area contributed by atoms with Crippen molar-refractivity contribution >= 4 is 17.7 Å². The van der Waals surface area contributed by atoms with Crippen molar-refractivity contribution in [3.63, 3.8) is 0 Å². The summed E-state index contributed by atoms with van der Waals surface area (Å²) in [6.45, 7) is 5.32. The first-order chi connectivity index (χ1) is 10.2. The first kappa shape index (κ1) is 15.5. The van der Waals surface area contributed by atoms with Crippen LogP contribution in [-0.4, -0.2) is 50.2 Å². The van der Waals surface area contributed by atoms with E-state index in [4.69, 9.17) is 10.5 Å². The van der Waals surface area contributed by atoms with E-state index in [2.05, 4.69) is 10.2 Å². The van der Waals surface area contributed by atoms with E-state index in [0.717, 1.165) is 50.5 Å². The Balaban J connectivity index is 1.61. The normalized spacial score (nSPS) is 16.2. The summed E-state index contributed by atoms with van der Waals surface area (Å²) >= 11 is 0. The molecule has 1 aliphatic rings. The second-order valence-electron chi connectivity index (χ2n) is 5.10. The number of carbonyl (C=O) groups is 1. The second kappa shape index (κ2) is 8.44. The number of benzene rings is 1. The van der Waals surface area contributed by atoms with Gasteiger partial charge < -0.3 is 15.8 Å². The first-order valence-electron chi connectivity index (χ1n) is 7.35. The zero-order valence-electron chi connectivity index (χ0n) is 12.3. The van der Waals surface area contributed by atoms with Crippen molar-refractivity contribution in [3.8, 4) is 0 Å². The molecule has 5 heteroatoms. The number of carbonyl (C=O) groups excluding carboxylic acids is 1. The SMILES string of the molecule is Nc1ccc(/C=C/C(=O)NCCCN2CCOCC2)cc1. The fourth-order valence-electron chi connectivity index (χ4n) is 2.18. The number of ether oxygens (including phenoxy) is 1. The molecule has 0 spiro atoms. The van der Waals surface area contributed by atoms with Crippen molar-refractivity contribution in [2.24, 2.45) is 0 Å². The molecule has 1 saturated heterocycles. The lowest BCUT2D eigenvalue weighted by Gasteiger charge is -2.26. The third kappa shape index (κ3) is 5.97. The van der Waals surface area contributed by atoms with E-state index < -0.39 is 0 Å². The summed E-state index contributed by atoms with van der Waals surface area (Å²) in [6, 6.07) is 7.41. The van der Waals surface area contributed by atoms with Gasteiger partial charge in [0.15, 0.2) is 0 Å². The van der Waals surface area contributed by atoms with Crippen molar-refractivity contribution in [1.82, 2.24) is 10.2 Å². The molecule has 3 N–H and O–H groups in total. The van der Waals surface area contributed by atoms with Crippen molar-refractivity contribution in [2.75, 3.05) is 45.1 Å². The molecule has 0 saturated carbocycles. The minimum absolute atomic E-state index is 0.0613. The lowest BCUT2D eigenvalue weighted by atomic mass is 10.2. The summed E-state index contributed by atoms with van der Waals surface area (Å²) in [7, 11) is 0. The molecule has 21 heavy (non-hydrogen) atoms. The zero-order chi connectivity index (χ0) is 14.9. The number of nitrogens with zero attached hydrogens (tertiary/aromatic N) is 1. The Kier molecular flexibility index (Phi) is 6.24. The van der Waals surface area contributed by atoms with E-state index in [9.17, 15) is 4.79 Å². The predicted molar refractivity (Wildman–Crippen MR) is 84.8 cm³/mol. The van der Waals surface area contributed by atoms with E-state index >= 15 is 0 Å². The van der Waals surface area contributed by atoms with Crippen molar-refractivity contribution < 1.29 is 9.53 Å². The van der Waals surface area contributed by atoms with Gasteiger partial charge in [0.1, 0.15) is 0 Å². The molecule has 0 radical (unpaired) electrons. The topological polar surface area (TPSA) is 67.6 Å². The fraction of sp³-hybridized carbons (Fsp3) is 0.438. The van der Waals surface area contributed by atoms with E-state index in [-0.39, 0.29) is 5.91 Å². The van der Waals surface area contributed by atoms with Gasteiger partial charge in [-0.2, -0.15) is 0 Å². The van der Waals surface area contributed by atoms with E-state index in [0.29, 0.717) is 6.54 Å². The van der Waals surface area contributed by atoms with Crippen molar-refractivity contribution in [2.45, 2.75) is 6.42 Å². The van der Waals surface area contributed by atoms with Gasteiger partial charge in [0.05, 0.1) is 13.2 Å². The molecule has 0 bridgehead atoms. The Bertz CT molecular complexity index is 465. The van der Waals surface area contributed by atoms with Gasteiger partial charge in [-0.05, 0) is 36.7 Å². The van der Waals surface area contributed by atoms with Crippen LogP contribution in [-0.2, 0) is 9.53 Å². The summed E-state index contributed by atoms with van der Waals surface area (Å²) in [5.41, 5.74) is 7.30. The zero-order valence-corrected chi connectivity index (χ0v) is 12.3. The summed E-state index contributed by atoms with van der Waals surface area (Å²) < 4.78 is 5.30. The number of amides is 1. The Labute approximate surface area is 125 Å². The van der Waals surface area contributed by atoms with Gasteiger partial charge in [-0.25, -0.2) is 0 Å². The average molecular weight is 289 g/mol. The third-order valence-electron chi connectivity index (χ3n) is 3.42. The number of hydrogen-bond acceptors (Lipinski definition) is 4. The lowest BCUT2D eigenvalue weighted by Crippen LogP contribution is -2.38. The van der Waals surface area contributed by atoms with Crippen LogP contribution < -0.4 is 11.1 Å². The Morgan fingerprint density at radius 3 is 2.71 bits per heavy atom. The summed E-state index contributed by atoms with van der Waals surface area (Å²) in [6.07, 6.45) is 4.30. The van der Waals surface area contributed by atoms with Crippen LogP contribution >= 0.6 is 0 Å². The van der Waals surface area contributed by atoms with E-state index in [1.54, 1.807) is 12.2 Å². The molecule has 0 atom stereocenters. The highest BCUT2D eigenvalue weighted by atomic mass is 16.5. The number of nitrogens with one attached hydrogen (secondary N) is 1. The highest BCUT2D eigenvalue weighted by Gasteiger charge is 2.09. The number of nitrogen functional groups attached to an aromatic ring is 1. The number of anilines is 1. The number of morpholine rings is 1. The minimum Gasteiger partial charge on any atom is -0.399 e.